The molecule has 0 aromatic rings. The molecule has 0 amide bonds. The zero-order valence-corrected chi connectivity index (χ0v) is 10.6. The van der Waals surface area contributed by atoms with E-state index in [0.717, 1.165) is 24.5 Å². The first-order valence-corrected chi connectivity index (χ1v) is 6.57. The van der Waals surface area contributed by atoms with E-state index in [-0.39, 0.29) is 0 Å². The molecule has 0 aromatic carbocycles. The minimum absolute atomic E-state index is 0.797. The third-order valence-corrected chi connectivity index (χ3v) is 2.71. The van der Waals surface area contributed by atoms with Crippen LogP contribution in [-0.4, -0.2) is 18.5 Å². The molecule has 0 saturated heterocycles. The van der Waals surface area contributed by atoms with Gasteiger partial charge in [0.05, 0.1) is 0 Å². The van der Waals surface area contributed by atoms with Gasteiger partial charge in [-0.2, -0.15) is 0 Å². The Labute approximate surface area is 91.4 Å². The Morgan fingerprint density at radius 1 is 1.15 bits per heavy atom. The molecule has 0 fully saturated rings. The van der Waals surface area contributed by atoms with Gasteiger partial charge in [0.15, 0.2) is 0 Å². The van der Waals surface area contributed by atoms with E-state index >= 15 is 0 Å². The minimum atomic E-state index is 0.797. The highest BCUT2D eigenvalue weighted by atomic mass is 79.9. The van der Waals surface area contributed by atoms with Crippen LogP contribution in [0.2, 0.25) is 0 Å². The van der Waals surface area contributed by atoms with Crippen LogP contribution in [0, 0.1) is 5.92 Å². The van der Waals surface area contributed by atoms with Gasteiger partial charge in [-0.3, -0.25) is 0 Å². The Kier molecular flexibility index (Phi) is 10.9. The van der Waals surface area contributed by atoms with Gasteiger partial charge < -0.3 is 4.74 Å². The number of hydrogen-bond acceptors (Lipinski definition) is 1. The largest absolute Gasteiger partial charge is 0.381 e. The van der Waals surface area contributed by atoms with Gasteiger partial charge in [-0.25, -0.2) is 0 Å². The molecule has 0 spiro atoms. The lowest BCUT2D eigenvalue weighted by atomic mass is 10.1. The van der Waals surface area contributed by atoms with E-state index in [2.05, 4.69) is 29.8 Å². The van der Waals surface area contributed by atoms with E-state index < -0.39 is 0 Å². The van der Waals surface area contributed by atoms with Crippen molar-refractivity contribution < 1.29 is 4.74 Å². The van der Waals surface area contributed by atoms with Crippen LogP contribution < -0.4 is 0 Å². The molecule has 1 atom stereocenters. The lowest BCUT2D eigenvalue weighted by molar-refractivity contribution is 0.118. The minimum Gasteiger partial charge on any atom is -0.381 e. The van der Waals surface area contributed by atoms with Crippen molar-refractivity contribution in [3.8, 4) is 0 Å². The van der Waals surface area contributed by atoms with Crippen LogP contribution in [0.1, 0.15) is 46.0 Å². The molecule has 0 aliphatic carbocycles. The van der Waals surface area contributed by atoms with Crippen LogP contribution >= 0.6 is 15.9 Å². The molecular weight excluding hydrogens is 228 g/mol. The Morgan fingerprint density at radius 3 is 2.54 bits per heavy atom. The maximum Gasteiger partial charge on any atom is 0.0468 e. The number of unbranched alkanes of at least 4 members (excludes halogenated alkanes) is 2. The summed E-state index contributed by atoms with van der Waals surface area (Å²) in [5, 5.41) is 1.12. The normalized spacial score (nSPS) is 13.2. The zero-order chi connectivity index (χ0) is 9.94. The first-order chi connectivity index (χ1) is 6.31. The number of rotatable bonds is 9. The van der Waals surface area contributed by atoms with Crippen molar-refractivity contribution in [3.63, 3.8) is 0 Å². The molecule has 0 aliphatic rings. The number of hydrogen-bond donors (Lipinski definition) is 0. The molecule has 13 heavy (non-hydrogen) atoms. The van der Waals surface area contributed by atoms with Crippen LogP contribution in [-0.2, 0) is 4.74 Å². The highest BCUT2D eigenvalue weighted by Crippen LogP contribution is 2.09. The van der Waals surface area contributed by atoms with E-state index in [0.29, 0.717) is 0 Å². The molecule has 1 nitrogen and oxygen atoms in total. The van der Waals surface area contributed by atoms with Gasteiger partial charge in [-0.1, -0.05) is 42.6 Å². The van der Waals surface area contributed by atoms with Gasteiger partial charge in [0.2, 0.25) is 0 Å². The predicted octanol–water partition coefficient (Wildman–Crippen LogP) is 4.00. The molecule has 0 saturated carbocycles. The summed E-state index contributed by atoms with van der Waals surface area (Å²) in [4.78, 5) is 0. The summed E-state index contributed by atoms with van der Waals surface area (Å²) in [5.41, 5.74) is 0. The third-order valence-electron chi connectivity index (χ3n) is 2.25. The molecule has 2 heteroatoms. The highest BCUT2D eigenvalue weighted by molar-refractivity contribution is 9.09. The second-order valence-corrected chi connectivity index (χ2v) is 4.48. The first-order valence-electron chi connectivity index (χ1n) is 5.45. The van der Waals surface area contributed by atoms with Gasteiger partial charge in [-0.15, -0.1) is 0 Å². The monoisotopic (exact) mass is 250 g/mol. The van der Waals surface area contributed by atoms with E-state index in [1.807, 2.05) is 0 Å². The fourth-order valence-electron chi connectivity index (χ4n) is 1.17. The van der Waals surface area contributed by atoms with Gasteiger partial charge in [0.25, 0.3) is 0 Å². The second kappa shape index (κ2) is 10.5. The van der Waals surface area contributed by atoms with Crippen molar-refractivity contribution in [1.29, 1.82) is 0 Å². The zero-order valence-electron chi connectivity index (χ0n) is 9.02. The van der Waals surface area contributed by atoms with Crippen LogP contribution in [0.4, 0.5) is 0 Å². The van der Waals surface area contributed by atoms with Crippen LogP contribution in [0.25, 0.3) is 0 Å². The number of halogens is 1. The Morgan fingerprint density at radius 2 is 1.92 bits per heavy atom. The third kappa shape index (κ3) is 10.4. The van der Waals surface area contributed by atoms with Crippen LogP contribution in [0.15, 0.2) is 0 Å². The quantitative estimate of drug-likeness (QED) is 0.444. The molecule has 0 heterocycles. The molecule has 80 valence electrons. The summed E-state index contributed by atoms with van der Waals surface area (Å²) in [6.07, 6.45) is 6.28. The topological polar surface area (TPSA) is 9.23 Å². The Bertz CT molecular complexity index is 96.1. The summed E-state index contributed by atoms with van der Waals surface area (Å²) in [6, 6.07) is 0. The average molecular weight is 251 g/mol. The molecular formula is C11H23BrO. The smallest absolute Gasteiger partial charge is 0.0468 e. The van der Waals surface area contributed by atoms with Crippen LogP contribution in [0.5, 0.6) is 0 Å². The van der Waals surface area contributed by atoms with E-state index in [9.17, 15) is 0 Å². The molecule has 0 radical (unpaired) electrons. The Balaban J connectivity index is 2.97. The average Bonchev–Trinajstić information content (AvgIpc) is 2.11. The fraction of sp³-hybridized carbons (Fsp3) is 1.00. The lowest BCUT2D eigenvalue weighted by Gasteiger charge is -2.09. The molecule has 0 bridgehead atoms. The van der Waals surface area contributed by atoms with E-state index in [4.69, 9.17) is 4.74 Å². The van der Waals surface area contributed by atoms with Crippen molar-refractivity contribution in [2.24, 2.45) is 5.92 Å². The van der Waals surface area contributed by atoms with Crippen molar-refractivity contribution in [3.05, 3.63) is 0 Å². The Hall–Kier alpha value is 0.440. The van der Waals surface area contributed by atoms with Crippen molar-refractivity contribution in [1.82, 2.24) is 0 Å². The van der Waals surface area contributed by atoms with Crippen molar-refractivity contribution in [2.45, 2.75) is 46.0 Å². The van der Waals surface area contributed by atoms with Crippen molar-refractivity contribution in [2.75, 3.05) is 18.5 Å². The summed E-state index contributed by atoms with van der Waals surface area (Å²) >= 11 is 3.45. The summed E-state index contributed by atoms with van der Waals surface area (Å²) < 4.78 is 5.54. The number of ether oxygens (including phenoxy) is 1. The fourth-order valence-corrected chi connectivity index (χ4v) is 1.95. The van der Waals surface area contributed by atoms with Crippen LogP contribution in [0.3, 0.4) is 0 Å². The standard InChI is InChI=1S/C11H23BrO/c1-3-4-5-9-13-10-7-11(2)6-8-12/h11H,3-10H2,1-2H3. The maximum atomic E-state index is 5.54. The van der Waals surface area contributed by atoms with Gasteiger partial charge in [0.1, 0.15) is 0 Å². The molecule has 0 aromatic heterocycles. The lowest BCUT2D eigenvalue weighted by Crippen LogP contribution is -2.03. The second-order valence-electron chi connectivity index (χ2n) is 3.69. The number of alkyl halides is 1. The van der Waals surface area contributed by atoms with E-state index in [1.165, 1.54) is 32.1 Å². The van der Waals surface area contributed by atoms with Gasteiger partial charge >= 0.3 is 0 Å². The molecule has 0 rings (SSSR count). The summed E-state index contributed by atoms with van der Waals surface area (Å²) in [7, 11) is 0. The summed E-state index contributed by atoms with van der Waals surface area (Å²) in [5.74, 6) is 0.797. The molecule has 0 N–H and O–H groups in total. The predicted molar refractivity (Wildman–Crippen MR) is 62.5 cm³/mol. The van der Waals surface area contributed by atoms with E-state index in [1.54, 1.807) is 0 Å². The van der Waals surface area contributed by atoms with Gasteiger partial charge in [0, 0.05) is 18.5 Å². The SMILES string of the molecule is CCCCCOCCC(C)CCBr. The molecule has 0 aliphatic heterocycles. The maximum absolute atomic E-state index is 5.54. The van der Waals surface area contributed by atoms with Crippen molar-refractivity contribution >= 4 is 15.9 Å². The molecule has 1 unspecified atom stereocenters. The summed E-state index contributed by atoms with van der Waals surface area (Å²) in [6.45, 7) is 6.40. The first kappa shape index (κ1) is 13.4. The highest BCUT2D eigenvalue weighted by Gasteiger charge is 1.99. The van der Waals surface area contributed by atoms with Gasteiger partial charge in [-0.05, 0) is 25.2 Å².